The number of methoxy groups -OCH3 is 1. The lowest BCUT2D eigenvalue weighted by molar-refractivity contribution is -0.132. The summed E-state index contributed by atoms with van der Waals surface area (Å²) in [6.45, 7) is 4.62. The topological polar surface area (TPSA) is 110 Å². The van der Waals surface area contributed by atoms with Gasteiger partial charge in [0.1, 0.15) is 22.7 Å². The first-order valence-corrected chi connectivity index (χ1v) is 14.9. The van der Waals surface area contributed by atoms with Gasteiger partial charge in [-0.15, -0.1) is 0 Å². The van der Waals surface area contributed by atoms with E-state index in [-0.39, 0.29) is 17.0 Å². The van der Waals surface area contributed by atoms with Crippen molar-refractivity contribution in [2.45, 2.75) is 12.8 Å². The molecule has 4 aromatic rings. The molecule has 1 saturated carbocycles. The number of pyridine rings is 1. The number of hydrogen-bond donors (Lipinski definition) is 2. The van der Waals surface area contributed by atoms with Crippen LogP contribution in [0, 0.1) is 28.9 Å². The first-order chi connectivity index (χ1) is 22.2. The lowest BCUT2D eigenvalue weighted by atomic mass is 10.0. The van der Waals surface area contributed by atoms with Gasteiger partial charge in [-0.3, -0.25) is 19.5 Å². The molecule has 1 aromatic heterocycles. The molecule has 3 aromatic carbocycles. The summed E-state index contributed by atoms with van der Waals surface area (Å²) in [5.74, 6) is 4.69. The molecule has 1 aliphatic carbocycles. The number of hydrogen-bond acceptors (Lipinski definition) is 7. The van der Waals surface area contributed by atoms with Crippen molar-refractivity contribution in [2.75, 3.05) is 52.2 Å². The minimum absolute atomic E-state index is 0.0705. The molecule has 0 radical (unpaired) electrons. The quantitative estimate of drug-likeness (QED) is 0.214. The molecule has 0 atom stereocenters. The number of nitrogens with two attached hydrogens (primary N) is 1. The fraction of sp³-hybridized carbons (Fsp3) is 0.286. The van der Waals surface area contributed by atoms with E-state index < -0.39 is 28.9 Å². The van der Waals surface area contributed by atoms with Crippen LogP contribution >= 0.6 is 0 Å². The predicted octanol–water partition coefficient (Wildman–Crippen LogP) is 4.78. The Morgan fingerprint density at radius 1 is 1.00 bits per heavy atom. The average molecular weight is 626 g/mol. The molecule has 3 N–H and O–H groups in total. The Hall–Kier alpha value is -5.05. The van der Waals surface area contributed by atoms with Crippen molar-refractivity contribution in [2.24, 2.45) is 11.1 Å². The summed E-state index contributed by atoms with van der Waals surface area (Å²) in [6, 6.07) is 13.1. The molecule has 6 rings (SSSR count). The number of rotatable bonds is 8. The third-order valence-electron chi connectivity index (χ3n) is 8.49. The molecule has 46 heavy (non-hydrogen) atoms. The monoisotopic (exact) mass is 625 g/mol. The van der Waals surface area contributed by atoms with Crippen molar-refractivity contribution in [3.05, 3.63) is 78.0 Å². The molecule has 0 unspecified atom stereocenters. The summed E-state index contributed by atoms with van der Waals surface area (Å²) >= 11 is 0. The molecule has 2 aliphatic rings. The maximum Gasteiger partial charge on any atom is 0.240 e. The molecular weight excluding hydrogens is 592 g/mol. The Balaban J connectivity index is 1.24. The molecule has 0 bridgehead atoms. The van der Waals surface area contributed by atoms with E-state index in [9.17, 15) is 14.0 Å². The van der Waals surface area contributed by atoms with Gasteiger partial charge in [-0.2, -0.15) is 0 Å². The Kier molecular flexibility index (Phi) is 8.58. The summed E-state index contributed by atoms with van der Waals surface area (Å²) in [5, 5.41) is 3.27. The summed E-state index contributed by atoms with van der Waals surface area (Å²) in [4.78, 5) is 33.7. The zero-order chi connectivity index (χ0) is 32.4. The third kappa shape index (κ3) is 6.36. The summed E-state index contributed by atoms with van der Waals surface area (Å²) in [7, 11) is 3.67. The first-order valence-electron chi connectivity index (χ1n) is 14.9. The Morgan fingerprint density at radius 3 is 2.48 bits per heavy atom. The SMILES string of the molecule is COc1cc2c(Oc3ccc(-c4cc(F)ccc4NC(=O)C4(C(N)=O)CC4)cc3F)ccnc2cc1C#CCN1CCN(C)CC1. The Morgan fingerprint density at radius 2 is 1.78 bits per heavy atom. The first kappa shape index (κ1) is 31.0. The van der Waals surface area contributed by atoms with Gasteiger partial charge in [0.05, 0.1) is 24.7 Å². The number of anilines is 1. The second-order valence-corrected chi connectivity index (χ2v) is 11.6. The van der Waals surface area contributed by atoms with Gasteiger partial charge in [-0.1, -0.05) is 17.9 Å². The van der Waals surface area contributed by atoms with Crippen molar-refractivity contribution in [3.8, 4) is 40.2 Å². The molecule has 11 heteroatoms. The summed E-state index contributed by atoms with van der Waals surface area (Å²) in [5.41, 5.74) is 6.19. The number of fused-ring (bicyclic) bond motifs is 1. The maximum absolute atomic E-state index is 15.5. The molecule has 2 fully saturated rings. The zero-order valence-electron chi connectivity index (χ0n) is 25.5. The molecule has 1 saturated heterocycles. The zero-order valence-corrected chi connectivity index (χ0v) is 25.5. The van der Waals surface area contributed by atoms with E-state index in [0.717, 1.165) is 26.2 Å². The second-order valence-electron chi connectivity index (χ2n) is 11.6. The molecule has 9 nitrogen and oxygen atoms in total. The van der Waals surface area contributed by atoms with E-state index >= 15 is 4.39 Å². The number of aromatic nitrogens is 1. The fourth-order valence-corrected chi connectivity index (χ4v) is 5.44. The normalized spacial score (nSPS) is 15.9. The highest BCUT2D eigenvalue weighted by atomic mass is 19.1. The van der Waals surface area contributed by atoms with Crippen LogP contribution in [0.15, 0.2) is 60.8 Å². The van der Waals surface area contributed by atoms with Crippen LogP contribution in [0.2, 0.25) is 0 Å². The number of benzene rings is 3. The number of carbonyl (C=O) groups is 2. The standard InChI is InChI=1S/C35H33F2N5O4/c1-41-14-16-42(17-15-41)13-3-4-23-19-29-26(21-32(23)45-2)30(9-12-39-29)46-31-8-5-22(18-27(31)37)25-20-24(36)6-7-28(25)40-34(44)35(10-11-35)33(38)43/h5-9,12,18-21H,10-11,13-17H2,1-2H3,(H2,38,43)(H,40,44). The van der Waals surface area contributed by atoms with E-state index in [1.165, 1.54) is 30.3 Å². The number of nitrogens with zero attached hydrogens (tertiary/aromatic N) is 3. The van der Waals surface area contributed by atoms with Gasteiger partial charge < -0.3 is 25.4 Å². The number of ether oxygens (including phenoxy) is 2. The van der Waals surface area contributed by atoms with Gasteiger partial charge in [0.15, 0.2) is 11.6 Å². The van der Waals surface area contributed by atoms with Crippen LogP contribution in [0.5, 0.6) is 17.2 Å². The predicted molar refractivity (Wildman–Crippen MR) is 170 cm³/mol. The molecular formula is C35H33F2N5O4. The van der Waals surface area contributed by atoms with Crippen LogP contribution in [0.1, 0.15) is 18.4 Å². The number of piperazine rings is 1. The molecule has 0 spiro atoms. The van der Waals surface area contributed by atoms with E-state index in [4.69, 9.17) is 15.2 Å². The number of amides is 2. The van der Waals surface area contributed by atoms with E-state index in [1.807, 2.05) is 6.07 Å². The Labute approximate surface area is 265 Å². The number of primary amides is 1. The number of halogens is 2. The van der Waals surface area contributed by atoms with Crippen molar-refractivity contribution < 1.29 is 27.8 Å². The lowest BCUT2D eigenvalue weighted by Gasteiger charge is -2.30. The van der Waals surface area contributed by atoms with Crippen LogP contribution in [-0.4, -0.2) is 73.5 Å². The largest absolute Gasteiger partial charge is 0.495 e. The van der Waals surface area contributed by atoms with Gasteiger partial charge in [-0.05, 0) is 74.0 Å². The van der Waals surface area contributed by atoms with Gasteiger partial charge in [-0.25, -0.2) is 8.78 Å². The van der Waals surface area contributed by atoms with Gasteiger partial charge >= 0.3 is 0 Å². The highest BCUT2D eigenvalue weighted by molar-refractivity contribution is 6.13. The van der Waals surface area contributed by atoms with Crippen molar-refractivity contribution in [1.82, 2.24) is 14.8 Å². The van der Waals surface area contributed by atoms with Gasteiger partial charge in [0.25, 0.3) is 0 Å². The number of carbonyl (C=O) groups excluding carboxylic acids is 2. The number of nitrogens with one attached hydrogen (secondary N) is 1. The molecule has 236 valence electrons. The van der Waals surface area contributed by atoms with Crippen molar-refractivity contribution in [3.63, 3.8) is 0 Å². The van der Waals surface area contributed by atoms with Crippen LogP contribution in [0.25, 0.3) is 22.0 Å². The highest BCUT2D eigenvalue weighted by Crippen LogP contribution is 2.47. The smallest absolute Gasteiger partial charge is 0.240 e. The minimum Gasteiger partial charge on any atom is -0.495 e. The van der Waals surface area contributed by atoms with E-state index in [0.29, 0.717) is 52.9 Å². The number of likely N-dealkylation sites (N-methyl/N-ethyl adjacent to an activating group) is 1. The van der Waals surface area contributed by atoms with Gasteiger partial charge in [0, 0.05) is 49.0 Å². The van der Waals surface area contributed by atoms with E-state index in [1.54, 1.807) is 31.5 Å². The van der Waals surface area contributed by atoms with Gasteiger partial charge in [0.2, 0.25) is 11.8 Å². The second kappa shape index (κ2) is 12.7. The van der Waals surface area contributed by atoms with Crippen LogP contribution in [-0.2, 0) is 9.59 Å². The highest BCUT2D eigenvalue weighted by Gasteiger charge is 2.55. The van der Waals surface area contributed by atoms with Crippen molar-refractivity contribution >= 4 is 28.4 Å². The van der Waals surface area contributed by atoms with Crippen LogP contribution in [0.4, 0.5) is 14.5 Å². The summed E-state index contributed by atoms with van der Waals surface area (Å²) < 4.78 is 41.4. The molecule has 1 aliphatic heterocycles. The fourth-order valence-electron chi connectivity index (χ4n) is 5.44. The van der Waals surface area contributed by atoms with Crippen molar-refractivity contribution in [1.29, 1.82) is 0 Å². The van der Waals surface area contributed by atoms with Crippen LogP contribution in [0.3, 0.4) is 0 Å². The third-order valence-corrected chi connectivity index (χ3v) is 8.49. The lowest BCUT2D eigenvalue weighted by Crippen LogP contribution is -2.44. The van der Waals surface area contributed by atoms with E-state index in [2.05, 4.69) is 39.0 Å². The minimum atomic E-state index is -1.28. The molecule has 2 amide bonds. The van der Waals surface area contributed by atoms with Crippen LogP contribution < -0.4 is 20.5 Å². The Bertz CT molecular complexity index is 1890. The maximum atomic E-state index is 15.5. The average Bonchev–Trinajstić information content (AvgIpc) is 3.86. The molecule has 2 heterocycles. The summed E-state index contributed by atoms with van der Waals surface area (Å²) in [6.07, 6.45) is 2.25.